The predicted octanol–water partition coefficient (Wildman–Crippen LogP) is 3.82. The van der Waals surface area contributed by atoms with Crippen LogP contribution in [0.1, 0.15) is 27.4 Å². The lowest BCUT2D eigenvalue weighted by Crippen LogP contribution is -2.18. The Morgan fingerprint density at radius 2 is 1.96 bits per heavy atom. The Bertz CT molecular complexity index is 758. The van der Waals surface area contributed by atoms with Gasteiger partial charge in [-0.2, -0.15) is 13.2 Å². The highest BCUT2D eigenvalue weighted by molar-refractivity contribution is 7.98. The van der Waals surface area contributed by atoms with E-state index in [1.165, 1.54) is 20.1 Å². The van der Waals surface area contributed by atoms with Gasteiger partial charge in [0, 0.05) is 11.8 Å². The maximum Gasteiger partial charge on any atom is 0.417 e. The van der Waals surface area contributed by atoms with Crippen molar-refractivity contribution in [2.24, 2.45) is 0 Å². The number of carbonyl (C=O) groups excluding carboxylic acids is 1. The molecular formula is C13H11F4N3O2S. The fraction of sp³-hybridized carbons (Fsp3) is 0.308. The quantitative estimate of drug-likeness (QED) is 0.674. The second-order valence-corrected chi connectivity index (χ2v) is 5.33. The molecule has 0 aliphatic heterocycles. The first kappa shape index (κ1) is 17.3. The van der Waals surface area contributed by atoms with Gasteiger partial charge in [0.1, 0.15) is 5.82 Å². The monoisotopic (exact) mass is 349 g/mol. The van der Waals surface area contributed by atoms with Gasteiger partial charge in [-0.15, -0.1) is 16.9 Å². The molecule has 0 saturated heterocycles. The molecule has 1 aromatic carbocycles. The Hall–Kier alpha value is -2.10. The van der Waals surface area contributed by atoms with Gasteiger partial charge < -0.3 is 4.42 Å². The molecule has 124 valence electrons. The lowest BCUT2D eigenvalue weighted by molar-refractivity contribution is -0.140. The fourth-order valence-electron chi connectivity index (χ4n) is 2.02. The van der Waals surface area contributed by atoms with Gasteiger partial charge in [-0.05, 0) is 24.8 Å². The summed E-state index contributed by atoms with van der Waals surface area (Å²) < 4.78 is 57.9. The Kier molecular flexibility index (Phi) is 4.64. The van der Waals surface area contributed by atoms with Crippen molar-refractivity contribution in [1.29, 1.82) is 0 Å². The molecule has 0 saturated carbocycles. The topological polar surface area (TPSA) is 68.0 Å². The summed E-state index contributed by atoms with van der Waals surface area (Å²) in [5.74, 6) is -2.07. The molecule has 10 heteroatoms. The number of thioether (sulfide) groups is 1. The van der Waals surface area contributed by atoms with E-state index in [2.05, 4.69) is 15.5 Å². The second kappa shape index (κ2) is 6.19. The maximum atomic E-state index is 14.1. The van der Waals surface area contributed by atoms with Crippen LogP contribution in [0.3, 0.4) is 0 Å². The molecule has 0 unspecified atom stereocenters. The smallest absolute Gasteiger partial charge is 0.408 e. The molecule has 0 fully saturated rings. The lowest BCUT2D eigenvalue weighted by atomic mass is 10.0. The minimum absolute atomic E-state index is 0.112. The van der Waals surface area contributed by atoms with Crippen LogP contribution in [0.25, 0.3) is 0 Å². The van der Waals surface area contributed by atoms with E-state index in [1.54, 1.807) is 0 Å². The van der Waals surface area contributed by atoms with Gasteiger partial charge in [0.25, 0.3) is 5.91 Å². The average molecular weight is 349 g/mol. The molecule has 0 aliphatic carbocycles. The largest absolute Gasteiger partial charge is 0.417 e. The van der Waals surface area contributed by atoms with Crippen LogP contribution in [0.4, 0.5) is 23.6 Å². The van der Waals surface area contributed by atoms with E-state index in [0.717, 1.165) is 11.8 Å². The normalized spacial score (nSPS) is 11.6. The predicted molar refractivity (Wildman–Crippen MR) is 74.9 cm³/mol. The summed E-state index contributed by atoms with van der Waals surface area (Å²) in [6.45, 7) is 2.73. The molecule has 0 aliphatic rings. The summed E-state index contributed by atoms with van der Waals surface area (Å²) in [7, 11) is 0. The van der Waals surface area contributed by atoms with E-state index in [9.17, 15) is 22.4 Å². The van der Waals surface area contributed by atoms with Crippen molar-refractivity contribution < 1.29 is 26.8 Å². The minimum Gasteiger partial charge on any atom is -0.408 e. The van der Waals surface area contributed by atoms with Gasteiger partial charge in [-0.3, -0.25) is 10.1 Å². The molecule has 1 amide bonds. The van der Waals surface area contributed by atoms with Gasteiger partial charge in [0.05, 0.1) is 11.1 Å². The first-order valence-electron chi connectivity index (χ1n) is 6.21. The number of benzene rings is 1. The van der Waals surface area contributed by atoms with Gasteiger partial charge >= 0.3 is 12.2 Å². The number of carbonyl (C=O) groups is 1. The number of aromatic nitrogens is 2. The summed E-state index contributed by atoms with van der Waals surface area (Å²) in [5.41, 5.74) is -1.73. The number of hydrogen-bond donors (Lipinski definition) is 1. The third kappa shape index (κ3) is 3.46. The van der Waals surface area contributed by atoms with Crippen molar-refractivity contribution in [2.75, 3.05) is 11.6 Å². The van der Waals surface area contributed by atoms with Crippen LogP contribution in [0, 0.1) is 19.7 Å². The highest BCUT2D eigenvalue weighted by Crippen LogP contribution is 2.39. The Balaban J connectivity index is 2.48. The van der Waals surface area contributed by atoms with Gasteiger partial charge in [-0.1, -0.05) is 5.10 Å². The summed E-state index contributed by atoms with van der Waals surface area (Å²) in [6.07, 6.45) is -3.30. The van der Waals surface area contributed by atoms with Crippen LogP contribution in [-0.4, -0.2) is 22.4 Å². The van der Waals surface area contributed by atoms with Crippen molar-refractivity contribution in [1.82, 2.24) is 10.2 Å². The Morgan fingerprint density at radius 3 is 2.43 bits per heavy atom. The van der Waals surface area contributed by atoms with E-state index in [4.69, 9.17) is 4.42 Å². The van der Waals surface area contributed by atoms with E-state index >= 15 is 0 Å². The number of anilines is 1. The number of hydrogen-bond acceptors (Lipinski definition) is 5. The van der Waals surface area contributed by atoms with Crippen LogP contribution in [-0.2, 0) is 6.18 Å². The van der Waals surface area contributed by atoms with Crippen molar-refractivity contribution in [3.63, 3.8) is 0 Å². The Labute approximate surface area is 132 Å². The van der Waals surface area contributed by atoms with Crippen molar-refractivity contribution in [3.8, 4) is 0 Å². The minimum atomic E-state index is -4.72. The number of rotatable bonds is 3. The van der Waals surface area contributed by atoms with Crippen molar-refractivity contribution >= 4 is 23.7 Å². The molecule has 23 heavy (non-hydrogen) atoms. The SMILES string of the molecule is CSc1c(C(F)(F)F)cc(F)c(C(=O)Nc2nnc(C)o2)c1C. The van der Waals surface area contributed by atoms with E-state index in [1.807, 2.05) is 0 Å². The first-order valence-corrected chi connectivity index (χ1v) is 7.43. The van der Waals surface area contributed by atoms with Crippen LogP contribution in [0.2, 0.25) is 0 Å². The highest BCUT2D eigenvalue weighted by Gasteiger charge is 2.36. The third-order valence-corrected chi connectivity index (χ3v) is 3.89. The molecule has 1 N–H and O–H groups in total. The molecule has 2 rings (SSSR count). The maximum absolute atomic E-state index is 14.1. The molecule has 1 heterocycles. The van der Waals surface area contributed by atoms with Crippen LogP contribution in [0.15, 0.2) is 15.4 Å². The van der Waals surface area contributed by atoms with Crippen molar-refractivity contribution in [3.05, 3.63) is 34.5 Å². The highest BCUT2D eigenvalue weighted by atomic mass is 32.2. The number of aryl methyl sites for hydroxylation is 1. The van der Waals surface area contributed by atoms with Gasteiger partial charge in [-0.25, -0.2) is 4.39 Å². The van der Waals surface area contributed by atoms with Crippen LogP contribution < -0.4 is 5.32 Å². The lowest BCUT2D eigenvalue weighted by Gasteiger charge is -2.17. The standard InChI is InChI=1S/C13H11F4N3O2S/c1-5-9(11(21)18-12-20-19-6(2)22-12)8(14)4-7(10(5)23-3)13(15,16)17/h4H,1-3H3,(H,18,20,21). The zero-order valence-corrected chi connectivity index (χ0v) is 13.0. The molecule has 2 aromatic rings. The van der Waals surface area contributed by atoms with Crippen molar-refractivity contribution in [2.45, 2.75) is 24.9 Å². The number of alkyl halides is 3. The van der Waals surface area contributed by atoms with E-state index < -0.39 is 29.0 Å². The molecule has 0 radical (unpaired) electrons. The Morgan fingerprint density at radius 1 is 1.30 bits per heavy atom. The molecular weight excluding hydrogens is 338 g/mol. The number of halogens is 4. The fourth-order valence-corrected chi connectivity index (χ4v) is 2.82. The molecule has 5 nitrogen and oxygen atoms in total. The summed E-state index contributed by atoms with van der Waals surface area (Å²) in [6, 6.07) is 0.0456. The molecule has 0 bridgehead atoms. The zero-order chi connectivity index (χ0) is 17.4. The zero-order valence-electron chi connectivity index (χ0n) is 12.2. The van der Waals surface area contributed by atoms with Gasteiger partial charge in [0.15, 0.2) is 0 Å². The molecule has 1 aromatic heterocycles. The van der Waals surface area contributed by atoms with E-state index in [0.29, 0.717) is 6.07 Å². The number of amides is 1. The second-order valence-electron chi connectivity index (χ2n) is 4.52. The summed E-state index contributed by atoms with van der Waals surface area (Å²) >= 11 is 0.782. The first-order chi connectivity index (χ1) is 10.6. The van der Waals surface area contributed by atoms with Crippen LogP contribution >= 0.6 is 11.8 Å². The average Bonchev–Trinajstić information content (AvgIpc) is 2.82. The van der Waals surface area contributed by atoms with Gasteiger partial charge in [0.2, 0.25) is 5.89 Å². The number of nitrogens with zero attached hydrogens (tertiary/aromatic N) is 2. The summed E-state index contributed by atoms with van der Waals surface area (Å²) in [4.78, 5) is 11.9. The molecule has 0 atom stereocenters. The summed E-state index contributed by atoms with van der Waals surface area (Å²) in [5, 5.41) is 9.15. The van der Waals surface area contributed by atoms with Crippen LogP contribution in [0.5, 0.6) is 0 Å². The molecule has 0 spiro atoms. The number of nitrogens with one attached hydrogen (secondary N) is 1. The third-order valence-electron chi connectivity index (χ3n) is 2.95. The van der Waals surface area contributed by atoms with E-state index in [-0.39, 0.29) is 22.4 Å².